The average molecular weight is 813 g/mol. The zero-order chi connectivity index (χ0) is 43.3. The van der Waals surface area contributed by atoms with Crippen LogP contribution >= 0.6 is 0 Å². The Balaban J connectivity index is 1.29. The van der Waals surface area contributed by atoms with Crippen molar-refractivity contribution >= 4 is 35.0 Å². The van der Waals surface area contributed by atoms with E-state index < -0.39 is 23.9 Å². The van der Waals surface area contributed by atoms with Gasteiger partial charge in [-0.2, -0.15) is 0 Å². The Bertz CT molecular complexity index is 2550. The molecule has 0 spiro atoms. The third kappa shape index (κ3) is 8.57. The van der Waals surface area contributed by atoms with Gasteiger partial charge >= 0.3 is 23.9 Å². The van der Waals surface area contributed by atoms with Crippen molar-refractivity contribution in [2.75, 3.05) is 0 Å². The summed E-state index contributed by atoms with van der Waals surface area (Å²) in [6, 6.07) is 59.4. The number of hydrogen-bond donors (Lipinski definition) is 4. The lowest BCUT2D eigenvalue weighted by Gasteiger charge is -2.20. The average Bonchev–Trinajstić information content (AvgIpc) is 3.31. The van der Waals surface area contributed by atoms with Crippen LogP contribution in [0.25, 0.3) is 55.7 Å². The Kier molecular flexibility index (Phi) is 11.2. The summed E-state index contributed by atoms with van der Waals surface area (Å²) in [5.74, 6) is -3.98. The van der Waals surface area contributed by atoms with Crippen LogP contribution in [-0.2, 0) is 0 Å². The largest absolute Gasteiger partial charge is 0.478 e. The predicted molar refractivity (Wildman–Crippen MR) is 240 cm³/mol. The maximum Gasteiger partial charge on any atom is 0.335 e. The molecule has 4 N–H and O–H groups in total. The SMILES string of the molecule is O=C(O)c1ccc(-c2ccc(C(=C(c3ccc(-c4ccc(C(=O)O)cc4)cc3)c3ccc(-c4ccc(C(=O)O)cc4)cc3)c3ccc(-c4ccc(C(=O)O)cc4)cc3)cc2)cc1. The second-order valence-electron chi connectivity index (χ2n) is 14.6. The minimum Gasteiger partial charge on any atom is -0.478 e. The lowest BCUT2D eigenvalue weighted by atomic mass is 9.84. The predicted octanol–water partition coefficient (Wildman–Crippen LogP) is 12.2. The van der Waals surface area contributed by atoms with Crippen molar-refractivity contribution < 1.29 is 39.6 Å². The van der Waals surface area contributed by atoms with Crippen molar-refractivity contribution in [3.05, 3.63) is 239 Å². The van der Waals surface area contributed by atoms with Crippen LogP contribution in [0.3, 0.4) is 0 Å². The highest BCUT2D eigenvalue weighted by Gasteiger charge is 2.18. The zero-order valence-corrected chi connectivity index (χ0v) is 32.9. The van der Waals surface area contributed by atoms with Gasteiger partial charge in [0.2, 0.25) is 0 Å². The fourth-order valence-corrected chi connectivity index (χ4v) is 7.45. The molecule has 0 saturated heterocycles. The normalized spacial score (nSPS) is 10.8. The summed E-state index contributed by atoms with van der Waals surface area (Å²) >= 11 is 0. The van der Waals surface area contributed by atoms with Crippen LogP contribution in [0, 0.1) is 0 Å². The summed E-state index contributed by atoms with van der Waals surface area (Å²) in [6.07, 6.45) is 0. The van der Waals surface area contributed by atoms with E-state index in [2.05, 4.69) is 0 Å². The first-order valence-electron chi connectivity index (χ1n) is 19.5. The van der Waals surface area contributed by atoms with E-state index in [9.17, 15) is 39.6 Å². The number of benzene rings is 8. The van der Waals surface area contributed by atoms with Gasteiger partial charge in [-0.05, 0) is 126 Å². The first kappa shape index (κ1) is 40.2. The van der Waals surface area contributed by atoms with Gasteiger partial charge in [0, 0.05) is 0 Å². The topological polar surface area (TPSA) is 149 Å². The summed E-state index contributed by atoms with van der Waals surface area (Å²) in [5.41, 5.74) is 13.4. The molecule has 8 rings (SSSR count). The Morgan fingerprint density at radius 3 is 0.419 bits per heavy atom. The molecule has 8 aromatic carbocycles. The maximum atomic E-state index is 11.5. The maximum absolute atomic E-state index is 11.5. The first-order chi connectivity index (χ1) is 30.0. The van der Waals surface area contributed by atoms with Crippen molar-refractivity contribution in [1.82, 2.24) is 0 Å². The molecule has 8 nitrogen and oxygen atoms in total. The van der Waals surface area contributed by atoms with E-state index >= 15 is 0 Å². The second kappa shape index (κ2) is 17.3. The molecule has 0 radical (unpaired) electrons. The zero-order valence-electron chi connectivity index (χ0n) is 32.9. The first-order valence-corrected chi connectivity index (χ1v) is 19.5. The van der Waals surface area contributed by atoms with Gasteiger partial charge < -0.3 is 20.4 Å². The minimum atomic E-state index is -0.995. The molecule has 8 heteroatoms. The Labute approximate surface area is 356 Å². The van der Waals surface area contributed by atoms with Gasteiger partial charge in [0.05, 0.1) is 22.3 Å². The second-order valence-corrected chi connectivity index (χ2v) is 14.6. The lowest BCUT2D eigenvalue weighted by Crippen LogP contribution is -1.99. The highest BCUT2D eigenvalue weighted by Crippen LogP contribution is 2.40. The molecule has 0 heterocycles. The van der Waals surface area contributed by atoms with Gasteiger partial charge in [-0.25, -0.2) is 19.2 Å². The molecule has 0 aliphatic carbocycles. The highest BCUT2D eigenvalue weighted by molar-refractivity contribution is 6.05. The lowest BCUT2D eigenvalue weighted by molar-refractivity contribution is 0.0686. The highest BCUT2D eigenvalue weighted by atomic mass is 16.4. The molecule has 300 valence electrons. The van der Waals surface area contributed by atoms with Gasteiger partial charge in [0.15, 0.2) is 0 Å². The molecular weight excluding hydrogens is 777 g/mol. The van der Waals surface area contributed by atoms with Gasteiger partial charge in [0.25, 0.3) is 0 Å². The number of hydrogen-bond acceptors (Lipinski definition) is 4. The summed E-state index contributed by atoms with van der Waals surface area (Å²) in [7, 11) is 0. The number of rotatable bonds is 12. The van der Waals surface area contributed by atoms with E-state index in [0.29, 0.717) is 0 Å². The summed E-state index contributed by atoms with van der Waals surface area (Å²) in [6.45, 7) is 0. The van der Waals surface area contributed by atoms with Crippen LogP contribution in [0.4, 0.5) is 0 Å². The molecular formula is C54H36O8. The number of carboxylic acid groups (broad SMARTS) is 4. The molecule has 0 aliphatic heterocycles. The van der Waals surface area contributed by atoms with E-state index in [1.165, 1.54) is 0 Å². The third-order valence-corrected chi connectivity index (χ3v) is 10.8. The fourth-order valence-electron chi connectivity index (χ4n) is 7.45. The fraction of sp³-hybridized carbons (Fsp3) is 0. The van der Waals surface area contributed by atoms with E-state index in [4.69, 9.17) is 0 Å². The smallest absolute Gasteiger partial charge is 0.335 e. The van der Waals surface area contributed by atoms with Gasteiger partial charge in [-0.3, -0.25) is 0 Å². The van der Waals surface area contributed by atoms with Crippen LogP contribution in [0.5, 0.6) is 0 Å². The molecule has 0 aliphatic rings. The quantitative estimate of drug-likeness (QED) is 0.0891. The van der Waals surface area contributed by atoms with Crippen LogP contribution in [0.15, 0.2) is 194 Å². The van der Waals surface area contributed by atoms with Crippen molar-refractivity contribution in [2.24, 2.45) is 0 Å². The van der Waals surface area contributed by atoms with Crippen molar-refractivity contribution in [3.8, 4) is 44.5 Å². The number of carboxylic acids is 4. The summed E-state index contributed by atoms with van der Waals surface area (Å²) < 4.78 is 0. The van der Waals surface area contributed by atoms with Crippen LogP contribution < -0.4 is 0 Å². The molecule has 0 aromatic heterocycles. The van der Waals surface area contributed by atoms with Crippen molar-refractivity contribution in [3.63, 3.8) is 0 Å². The Morgan fingerprint density at radius 2 is 0.306 bits per heavy atom. The van der Waals surface area contributed by atoms with Gasteiger partial charge in [-0.1, -0.05) is 146 Å². The van der Waals surface area contributed by atoms with Crippen LogP contribution in [0.1, 0.15) is 63.7 Å². The molecule has 0 atom stereocenters. The standard InChI is InChI=1S/C54H36O8/c55-51(56)45-25-9-37(10-26-45)33-1-17-41(18-2-33)49(42-19-3-34(4-20-42)38-11-27-46(28-12-38)52(57)58)50(43-21-5-35(6-22-43)39-13-29-47(30-14-39)53(59)60)44-23-7-36(8-24-44)40-15-31-48(32-16-40)54(61)62/h1-32H,(H,55,56)(H,57,58)(H,59,60)(H,61,62). The van der Waals surface area contributed by atoms with E-state index in [0.717, 1.165) is 77.9 Å². The van der Waals surface area contributed by atoms with Crippen LogP contribution in [-0.4, -0.2) is 44.3 Å². The van der Waals surface area contributed by atoms with Gasteiger partial charge in [0.1, 0.15) is 0 Å². The molecule has 8 aromatic rings. The molecule has 0 amide bonds. The van der Waals surface area contributed by atoms with E-state index in [-0.39, 0.29) is 22.3 Å². The monoisotopic (exact) mass is 812 g/mol. The molecule has 0 bridgehead atoms. The number of carbonyl (C=O) groups is 4. The molecule has 62 heavy (non-hydrogen) atoms. The summed E-state index contributed by atoms with van der Waals surface area (Å²) in [5, 5.41) is 37.8. The van der Waals surface area contributed by atoms with Crippen molar-refractivity contribution in [1.29, 1.82) is 0 Å². The van der Waals surface area contributed by atoms with Crippen molar-refractivity contribution in [2.45, 2.75) is 0 Å². The molecule has 0 unspecified atom stereocenters. The Hall–Kier alpha value is -8.62. The van der Waals surface area contributed by atoms with E-state index in [1.807, 2.05) is 97.1 Å². The van der Waals surface area contributed by atoms with E-state index in [1.54, 1.807) is 97.1 Å². The van der Waals surface area contributed by atoms with Gasteiger partial charge in [-0.15, -0.1) is 0 Å². The van der Waals surface area contributed by atoms with Crippen LogP contribution in [0.2, 0.25) is 0 Å². The molecule has 0 saturated carbocycles. The summed E-state index contributed by atoms with van der Waals surface area (Å²) in [4.78, 5) is 46.1. The third-order valence-electron chi connectivity index (χ3n) is 10.8. The minimum absolute atomic E-state index is 0.202. The number of aromatic carboxylic acids is 4. The Morgan fingerprint density at radius 1 is 0.194 bits per heavy atom. The molecule has 0 fully saturated rings.